The fourth-order valence-electron chi connectivity index (χ4n) is 8.42. The number of para-hydroxylation sites is 1. The molecule has 2 aliphatic carbocycles. The molecular formula is C48H32O. The molecule has 0 bridgehead atoms. The molecule has 49 heavy (non-hydrogen) atoms. The van der Waals surface area contributed by atoms with E-state index in [4.69, 9.17) is 4.42 Å². The zero-order valence-electron chi connectivity index (χ0n) is 26.9. The normalized spacial score (nSPS) is 16.7. The van der Waals surface area contributed by atoms with Crippen LogP contribution in [0.2, 0.25) is 0 Å². The van der Waals surface area contributed by atoms with E-state index in [0.717, 1.165) is 16.6 Å². The van der Waals surface area contributed by atoms with Crippen LogP contribution >= 0.6 is 0 Å². The van der Waals surface area contributed by atoms with Gasteiger partial charge in [-0.25, -0.2) is 0 Å². The summed E-state index contributed by atoms with van der Waals surface area (Å²) >= 11 is 0. The largest absolute Gasteiger partial charge is 0.456 e. The smallest absolute Gasteiger partial charge is 0.136 e. The van der Waals surface area contributed by atoms with Crippen LogP contribution in [0.25, 0.3) is 60.5 Å². The topological polar surface area (TPSA) is 13.1 Å². The molecule has 1 aromatic heterocycles. The summed E-state index contributed by atoms with van der Waals surface area (Å²) in [5.74, 6) is 0.259. The van der Waals surface area contributed by atoms with Gasteiger partial charge in [-0.3, -0.25) is 0 Å². The second-order valence-corrected chi connectivity index (χ2v) is 13.1. The molecule has 0 aliphatic heterocycles. The number of benzene rings is 7. The average Bonchev–Trinajstić information content (AvgIpc) is 3.55. The van der Waals surface area contributed by atoms with Gasteiger partial charge in [0.25, 0.3) is 0 Å². The summed E-state index contributed by atoms with van der Waals surface area (Å²) in [7, 11) is 0. The lowest BCUT2D eigenvalue weighted by atomic mass is 9.65. The zero-order chi connectivity index (χ0) is 32.3. The van der Waals surface area contributed by atoms with Crippen molar-refractivity contribution in [3.05, 3.63) is 210 Å². The second kappa shape index (κ2) is 11.2. The van der Waals surface area contributed by atoms with Crippen molar-refractivity contribution in [2.45, 2.75) is 5.92 Å². The van der Waals surface area contributed by atoms with Crippen LogP contribution in [0.3, 0.4) is 0 Å². The van der Waals surface area contributed by atoms with Crippen molar-refractivity contribution in [2.75, 3.05) is 0 Å². The third-order valence-electron chi connectivity index (χ3n) is 10.5. The van der Waals surface area contributed by atoms with Gasteiger partial charge in [-0.05, 0) is 84.6 Å². The average molecular weight is 625 g/mol. The van der Waals surface area contributed by atoms with Crippen molar-refractivity contribution in [3.63, 3.8) is 0 Å². The highest BCUT2D eigenvalue weighted by Gasteiger charge is 2.37. The van der Waals surface area contributed by atoms with Crippen LogP contribution < -0.4 is 0 Å². The Bertz CT molecular complexity index is 2660. The van der Waals surface area contributed by atoms with E-state index < -0.39 is 0 Å². The molecule has 1 heteroatoms. The number of furan rings is 1. The van der Waals surface area contributed by atoms with E-state index in [1.807, 2.05) is 0 Å². The van der Waals surface area contributed by atoms with Gasteiger partial charge in [-0.15, -0.1) is 0 Å². The van der Waals surface area contributed by atoms with Crippen molar-refractivity contribution < 1.29 is 4.42 Å². The first-order valence-corrected chi connectivity index (χ1v) is 17.1. The molecule has 8 aromatic rings. The summed E-state index contributed by atoms with van der Waals surface area (Å²) in [6.45, 7) is 0. The molecule has 10 rings (SSSR count). The molecule has 2 unspecified atom stereocenters. The predicted molar refractivity (Wildman–Crippen MR) is 205 cm³/mol. The molecule has 1 heterocycles. The van der Waals surface area contributed by atoms with Crippen molar-refractivity contribution in [1.29, 1.82) is 0 Å². The van der Waals surface area contributed by atoms with E-state index in [1.165, 1.54) is 71.8 Å². The quantitative estimate of drug-likeness (QED) is 0.190. The number of hydrogen-bond acceptors (Lipinski definition) is 1. The van der Waals surface area contributed by atoms with E-state index in [-0.39, 0.29) is 11.8 Å². The maximum atomic E-state index is 6.46. The van der Waals surface area contributed by atoms with Gasteiger partial charge in [0.05, 0.1) is 0 Å². The molecule has 0 spiro atoms. The summed E-state index contributed by atoms with van der Waals surface area (Å²) in [6.07, 6.45) is 9.21. The molecule has 0 radical (unpaired) electrons. The molecule has 2 atom stereocenters. The standard InChI is InChI=1S/C48H32O/c1-2-15-32(16-3-1)45-42(28-29-44-48(45)41-24-12-13-25-43(41)49-44)47-39-22-10-8-20-37(39)46(38-21-9-11-23-40(38)47)36-19-7-6-18-35(36)34-27-26-31-14-4-5-17-33(31)30-34/h1-30,39,47H. The maximum absolute atomic E-state index is 6.46. The van der Waals surface area contributed by atoms with E-state index >= 15 is 0 Å². The minimum Gasteiger partial charge on any atom is -0.456 e. The lowest BCUT2D eigenvalue weighted by Crippen LogP contribution is -2.23. The van der Waals surface area contributed by atoms with Gasteiger partial charge in [0.2, 0.25) is 0 Å². The van der Waals surface area contributed by atoms with Crippen molar-refractivity contribution in [1.82, 2.24) is 0 Å². The minimum atomic E-state index is 0.109. The Balaban J connectivity index is 1.24. The van der Waals surface area contributed by atoms with Gasteiger partial charge in [0.1, 0.15) is 11.2 Å². The Morgan fingerprint density at radius 1 is 0.469 bits per heavy atom. The van der Waals surface area contributed by atoms with E-state index in [1.54, 1.807) is 0 Å². The van der Waals surface area contributed by atoms with Gasteiger partial charge in [0, 0.05) is 22.6 Å². The van der Waals surface area contributed by atoms with Crippen molar-refractivity contribution >= 4 is 38.3 Å². The summed E-state index contributed by atoms with van der Waals surface area (Å²) in [5.41, 5.74) is 14.7. The molecule has 0 saturated heterocycles. The number of hydrogen-bond donors (Lipinski definition) is 0. The van der Waals surface area contributed by atoms with Gasteiger partial charge >= 0.3 is 0 Å². The second-order valence-electron chi connectivity index (χ2n) is 13.1. The highest BCUT2D eigenvalue weighted by Crippen LogP contribution is 2.54. The van der Waals surface area contributed by atoms with Crippen LogP contribution in [0.15, 0.2) is 192 Å². The van der Waals surface area contributed by atoms with Crippen LogP contribution in [-0.2, 0) is 0 Å². The summed E-state index contributed by atoms with van der Waals surface area (Å²) in [5, 5.41) is 4.85. The molecule has 0 amide bonds. The third-order valence-corrected chi connectivity index (χ3v) is 10.5. The zero-order valence-corrected chi connectivity index (χ0v) is 26.9. The Kier molecular flexibility index (Phi) is 6.38. The fourth-order valence-corrected chi connectivity index (χ4v) is 8.42. The van der Waals surface area contributed by atoms with E-state index in [2.05, 4.69) is 182 Å². The number of allylic oxidation sites excluding steroid dienone is 5. The molecule has 2 aliphatic rings. The summed E-state index contributed by atoms with van der Waals surface area (Å²) < 4.78 is 6.46. The van der Waals surface area contributed by atoms with Gasteiger partial charge in [-0.2, -0.15) is 0 Å². The molecular weight excluding hydrogens is 593 g/mol. The van der Waals surface area contributed by atoms with Gasteiger partial charge in [0.15, 0.2) is 0 Å². The van der Waals surface area contributed by atoms with Crippen molar-refractivity contribution in [2.24, 2.45) is 5.92 Å². The monoisotopic (exact) mass is 624 g/mol. The van der Waals surface area contributed by atoms with E-state index in [0.29, 0.717) is 0 Å². The SMILES string of the molecule is C1=CC2=C(c3ccccc3-c3ccc4ccccc4c3)c3ccccc3C(c3ccc4oc5ccccc5c4c3-c3ccccc3)C2C=C1. The van der Waals surface area contributed by atoms with Crippen LogP contribution in [-0.4, -0.2) is 0 Å². The van der Waals surface area contributed by atoms with Crippen LogP contribution in [0, 0.1) is 5.92 Å². The van der Waals surface area contributed by atoms with Crippen LogP contribution in [0.5, 0.6) is 0 Å². The van der Waals surface area contributed by atoms with E-state index in [9.17, 15) is 0 Å². The lowest BCUT2D eigenvalue weighted by Gasteiger charge is -2.38. The van der Waals surface area contributed by atoms with Crippen LogP contribution in [0.1, 0.15) is 28.2 Å². The Labute approximate surface area is 285 Å². The fraction of sp³-hybridized carbons (Fsp3) is 0.0417. The lowest BCUT2D eigenvalue weighted by molar-refractivity contribution is 0.648. The Hall–Kier alpha value is -6.18. The molecule has 0 saturated carbocycles. The van der Waals surface area contributed by atoms with Gasteiger partial charge < -0.3 is 4.42 Å². The highest BCUT2D eigenvalue weighted by molar-refractivity contribution is 6.13. The molecule has 1 nitrogen and oxygen atoms in total. The van der Waals surface area contributed by atoms with Crippen LogP contribution in [0.4, 0.5) is 0 Å². The first-order chi connectivity index (χ1) is 24.3. The predicted octanol–water partition coefficient (Wildman–Crippen LogP) is 12.8. The molecule has 0 N–H and O–H groups in total. The Morgan fingerprint density at radius 3 is 2.10 bits per heavy atom. The Morgan fingerprint density at radius 2 is 1.20 bits per heavy atom. The molecule has 7 aromatic carbocycles. The first-order valence-electron chi connectivity index (χ1n) is 17.1. The summed E-state index contributed by atoms with van der Waals surface area (Å²) in [4.78, 5) is 0. The van der Waals surface area contributed by atoms with Gasteiger partial charge in [-0.1, -0.05) is 164 Å². The first kappa shape index (κ1) is 27.9. The summed E-state index contributed by atoms with van der Waals surface area (Å²) in [6, 6.07) is 57.4. The highest BCUT2D eigenvalue weighted by atomic mass is 16.3. The molecule has 0 fully saturated rings. The molecule has 230 valence electrons. The van der Waals surface area contributed by atoms with Crippen molar-refractivity contribution in [3.8, 4) is 22.3 Å². The maximum Gasteiger partial charge on any atom is 0.136 e. The number of rotatable bonds is 4. The third kappa shape index (κ3) is 4.40. The number of fused-ring (bicyclic) bond motifs is 6. The minimum absolute atomic E-state index is 0.109.